The second-order valence-electron chi connectivity index (χ2n) is 10.3. The maximum atomic E-state index is 13.0. The van der Waals surface area contributed by atoms with Gasteiger partial charge in [-0.05, 0) is 84.0 Å². The van der Waals surface area contributed by atoms with E-state index in [1.165, 1.54) is 12.1 Å². The van der Waals surface area contributed by atoms with Gasteiger partial charge in [-0.15, -0.1) is 0 Å². The number of nitrogens with zero attached hydrogens (tertiary/aromatic N) is 1. The number of aryl methyl sites for hydroxylation is 1. The lowest BCUT2D eigenvalue weighted by Gasteiger charge is -2.32. The number of primary amides is 1. The first-order chi connectivity index (χ1) is 19.6. The minimum atomic E-state index is -4.40. The van der Waals surface area contributed by atoms with Gasteiger partial charge in [0.25, 0.3) is 5.91 Å². The van der Waals surface area contributed by atoms with Crippen LogP contribution in [0.5, 0.6) is 0 Å². The van der Waals surface area contributed by atoms with Crippen molar-refractivity contribution in [3.8, 4) is 11.1 Å². The van der Waals surface area contributed by atoms with Crippen LogP contribution in [0.1, 0.15) is 62.4 Å². The average Bonchev–Trinajstić information content (AvgIpc) is 2.97. The van der Waals surface area contributed by atoms with E-state index < -0.39 is 23.7 Å². The normalized spacial score (nSPS) is 13.8. The molecule has 3 N–H and O–H groups in total. The van der Waals surface area contributed by atoms with Crippen molar-refractivity contribution in [3.63, 3.8) is 0 Å². The van der Waals surface area contributed by atoms with E-state index >= 15 is 0 Å². The van der Waals surface area contributed by atoms with E-state index in [9.17, 15) is 22.8 Å². The fourth-order valence-electron chi connectivity index (χ4n) is 5.26. The number of carbonyl (C=O) groups excluding carboxylic acids is 2. The zero-order valence-corrected chi connectivity index (χ0v) is 22.5. The summed E-state index contributed by atoms with van der Waals surface area (Å²) >= 11 is 0. The van der Waals surface area contributed by atoms with Crippen LogP contribution in [0.4, 0.5) is 18.9 Å². The second-order valence-corrected chi connectivity index (χ2v) is 10.3. The molecule has 1 aliphatic rings. The van der Waals surface area contributed by atoms with Crippen molar-refractivity contribution in [3.05, 3.63) is 124 Å². The molecule has 0 aromatic heterocycles. The molecule has 4 aromatic rings. The molecule has 2 amide bonds. The minimum absolute atomic E-state index is 0.274. The molecular formula is C33H30F3N3O2. The highest BCUT2D eigenvalue weighted by Gasteiger charge is 2.30. The number of halogens is 3. The molecule has 210 valence electrons. The van der Waals surface area contributed by atoms with Crippen molar-refractivity contribution >= 4 is 17.5 Å². The van der Waals surface area contributed by atoms with Gasteiger partial charge in [0.15, 0.2) is 0 Å². The number of fused-ring (bicyclic) bond motifs is 1. The van der Waals surface area contributed by atoms with E-state index in [0.29, 0.717) is 23.2 Å². The minimum Gasteiger partial charge on any atom is -0.367 e. The van der Waals surface area contributed by atoms with E-state index in [0.717, 1.165) is 59.5 Å². The molecule has 0 bridgehead atoms. The number of amides is 2. The van der Waals surface area contributed by atoms with Gasteiger partial charge < -0.3 is 16.0 Å². The van der Waals surface area contributed by atoms with Crippen molar-refractivity contribution in [1.82, 2.24) is 5.32 Å². The molecule has 0 saturated carbocycles. The third kappa shape index (κ3) is 6.27. The first-order valence-corrected chi connectivity index (χ1v) is 13.4. The third-order valence-corrected chi connectivity index (χ3v) is 7.47. The topological polar surface area (TPSA) is 75.4 Å². The highest BCUT2D eigenvalue weighted by Crippen LogP contribution is 2.32. The number of benzene rings is 4. The van der Waals surface area contributed by atoms with Gasteiger partial charge in [-0.1, -0.05) is 54.6 Å². The molecule has 4 aromatic carbocycles. The monoisotopic (exact) mass is 557 g/mol. The first kappa shape index (κ1) is 28.0. The Labute approximate surface area is 236 Å². The molecule has 1 unspecified atom stereocenters. The maximum absolute atomic E-state index is 13.0. The molecule has 5 nitrogen and oxygen atoms in total. The van der Waals surface area contributed by atoms with Crippen molar-refractivity contribution < 1.29 is 22.8 Å². The van der Waals surface area contributed by atoms with Crippen LogP contribution < -0.4 is 16.0 Å². The molecule has 0 spiro atoms. The van der Waals surface area contributed by atoms with Crippen LogP contribution in [0.15, 0.2) is 91.0 Å². The van der Waals surface area contributed by atoms with Gasteiger partial charge in [0.1, 0.15) is 0 Å². The van der Waals surface area contributed by atoms with Crippen LogP contribution >= 0.6 is 0 Å². The SMILES string of the molecule is CC(NC(=O)c1ccc2c(c1)CCCN2Cc1ccc(-c2ccccc2C(N)=O)cc1)c1ccc(C(F)(F)F)cc1. The predicted octanol–water partition coefficient (Wildman–Crippen LogP) is 6.92. The number of nitrogens with one attached hydrogen (secondary N) is 1. The predicted molar refractivity (Wildman–Crippen MR) is 154 cm³/mol. The highest BCUT2D eigenvalue weighted by molar-refractivity contribution is 5.99. The average molecular weight is 558 g/mol. The molecule has 41 heavy (non-hydrogen) atoms. The van der Waals surface area contributed by atoms with Crippen LogP contribution in [0.3, 0.4) is 0 Å². The Kier molecular flexibility index (Phi) is 7.83. The Morgan fingerprint density at radius 2 is 1.66 bits per heavy atom. The van der Waals surface area contributed by atoms with E-state index in [4.69, 9.17) is 5.73 Å². The summed E-state index contributed by atoms with van der Waals surface area (Å²) in [4.78, 5) is 27.1. The smallest absolute Gasteiger partial charge is 0.367 e. The van der Waals surface area contributed by atoms with Crippen LogP contribution in [-0.4, -0.2) is 18.4 Å². The fraction of sp³-hybridized carbons (Fsp3) is 0.212. The number of alkyl halides is 3. The van der Waals surface area contributed by atoms with Crippen LogP contribution in [0.25, 0.3) is 11.1 Å². The van der Waals surface area contributed by atoms with Gasteiger partial charge in [0, 0.05) is 29.9 Å². The van der Waals surface area contributed by atoms with E-state index in [-0.39, 0.29) is 5.91 Å². The Bertz CT molecular complexity index is 1560. The third-order valence-electron chi connectivity index (χ3n) is 7.47. The highest BCUT2D eigenvalue weighted by atomic mass is 19.4. The number of carbonyl (C=O) groups is 2. The summed E-state index contributed by atoms with van der Waals surface area (Å²) in [6, 6.07) is 25.4. The molecule has 0 saturated heterocycles. The number of nitrogens with two attached hydrogens (primary N) is 1. The van der Waals surface area contributed by atoms with Gasteiger partial charge in [-0.2, -0.15) is 13.2 Å². The lowest BCUT2D eigenvalue weighted by molar-refractivity contribution is -0.137. The quantitative estimate of drug-likeness (QED) is 0.259. The number of hydrogen-bond acceptors (Lipinski definition) is 3. The van der Waals surface area contributed by atoms with Crippen molar-refractivity contribution in [2.75, 3.05) is 11.4 Å². The Morgan fingerprint density at radius 3 is 2.34 bits per heavy atom. The van der Waals surface area contributed by atoms with E-state index in [2.05, 4.69) is 10.2 Å². The molecule has 1 aliphatic heterocycles. The summed E-state index contributed by atoms with van der Waals surface area (Å²) in [7, 11) is 0. The summed E-state index contributed by atoms with van der Waals surface area (Å²) in [6.07, 6.45) is -2.60. The zero-order valence-electron chi connectivity index (χ0n) is 22.5. The summed E-state index contributed by atoms with van der Waals surface area (Å²) in [5.41, 5.74) is 11.4. The van der Waals surface area contributed by atoms with Crippen LogP contribution in [0, 0.1) is 0 Å². The zero-order chi connectivity index (χ0) is 29.1. The molecule has 0 aliphatic carbocycles. The van der Waals surface area contributed by atoms with Gasteiger partial charge in [0.05, 0.1) is 11.6 Å². The summed E-state index contributed by atoms with van der Waals surface area (Å²) < 4.78 is 38.6. The van der Waals surface area contributed by atoms with Crippen LogP contribution in [0.2, 0.25) is 0 Å². The van der Waals surface area contributed by atoms with Gasteiger partial charge in [-0.3, -0.25) is 9.59 Å². The number of anilines is 1. The van der Waals surface area contributed by atoms with Gasteiger partial charge in [0.2, 0.25) is 5.91 Å². The molecule has 8 heteroatoms. The Hall–Kier alpha value is -4.59. The van der Waals surface area contributed by atoms with Crippen molar-refractivity contribution in [2.45, 2.75) is 38.5 Å². The van der Waals surface area contributed by atoms with Crippen LogP contribution in [-0.2, 0) is 19.1 Å². The number of rotatable bonds is 7. The Morgan fingerprint density at radius 1 is 0.951 bits per heavy atom. The number of hydrogen-bond donors (Lipinski definition) is 2. The summed E-state index contributed by atoms with van der Waals surface area (Å²) in [5.74, 6) is -0.735. The second kappa shape index (κ2) is 11.5. The first-order valence-electron chi connectivity index (χ1n) is 13.4. The molecule has 1 atom stereocenters. The fourth-order valence-corrected chi connectivity index (χ4v) is 5.26. The molecule has 0 radical (unpaired) electrons. The summed E-state index contributed by atoms with van der Waals surface area (Å²) in [6.45, 7) is 3.33. The van der Waals surface area contributed by atoms with E-state index in [1.807, 2.05) is 48.5 Å². The van der Waals surface area contributed by atoms with Crippen molar-refractivity contribution in [1.29, 1.82) is 0 Å². The molecular weight excluding hydrogens is 527 g/mol. The molecule has 0 fully saturated rings. The van der Waals surface area contributed by atoms with Gasteiger partial charge >= 0.3 is 6.18 Å². The molecule has 5 rings (SSSR count). The Balaban J connectivity index is 1.27. The maximum Gasteiger partial charge on any atom is 0.416 e. The summed E-state index contributed by atoms with van der Waals surface area (Å²) in [5, 5.41) is 2.90. The van der Waals surface area contributed by atoms with E-state index in [1.54, 1.807) is 25.1 Å². The lowest BCUT2D eigenvalue weighted by Crippen LogP contribution is -2.30. The largest absolute Gasteiger partial charge is 0.416 e. The standard InChI is InChI=1S/C33H30F3N3O2/c1-21(23-12-15-27(16-13-23)33(34,35)36)38-32(41)26-14-17-30-25(19-26)5-4-18-39(30)20-22-8-10-24(11-9-22)28-6-2-3-7-29(28)31(37)40/h2-3,6-17,19,21H,4-5,18,20H2,1H3,(H2,37,40)(H,38,41). The lowest BCUT2D eigenvalue weighted by atomic mass is 9.96. The molecule has 1 heterocycles. The van der Waals surface area contributed by atoms with Gasteiger partial charge in [-0.25, -0.2) is 0 Å². The van der Waals surface area contributed by atoms with Crippen molar-refractivity contribution in [2.24, 2.45) is 5.73 Å².